The van der Waals surface area contributed by atoms with Crippen molar-refractivity contribution in [3.05, 3.63) is 182 Å². The van der Waals surface area contributed by atoms with E-state index in [1.807, 2.05) is 60.7 Å². The second-order valence-corrected chi connectivity index (χ2v) is 12.1. The number of aromatic nitrogens is 4. The minimum Gasteiger partial charge on any atom is -0.309 e. The Balaban J connectivity index is 1.13. The lowest BCUT2D eigenvalue weighted by atomic mass is 9.99. The largest absolute Gasteiger partial charge is 0.309 e. The highest BCUT2D eigenvalue weighted by Crippen LogP contribution is 2.36. The lowest BCUT2D eigenvalue weighted by Crippen LogP contribution is -2.00. The fraction of sp³-hybridized carbons (Fsp3) is 0. The number of hydrogen-bond acceptors (Lipinski definition) is 3. The highest BCUT2D eigenvalue weighted by atomic mass is 15.0. The molecule has 0 aliphatic heterocycles. The third-order valence-corrected chi connectivity index (χ3v) is 9.08. The molecule has 49 heavy (non-hydrogen) atoms. The van der Waals surface area contributed by atoms with Gasteiger partial charge in [0.1, 0.15) is 0 Å². The number of benzene rings is 7. The van der Waals surface area contributed by atoms with E-state index in [1.165, 1.54) is 38.5 Å². The van der Waals surface area contributed by atoms with Gasteiger partial charge in [-0.2, -0.15) is 0 Å². The third-order valence-electron chi connectivity index (χ3n) is 9.08. The van der Waals surface area contributed by atoms with Gasteiger partial charge >= 0.3 is 0 Å². The van der Waals surface area contributed by atoms with Crippen LogP contribution in [0.15, 0.2) is 182 Å². The molecule has 7 aromatic carbocycles. The second-order valence-electron chi connectivity index (χ2n) is 12.1. The summed E-state index contributed by atoms with van der Waals surface area (Å²) < 4.78 is 2.36. The molecular weight excluding hydrogens is 597 g/mol. The summed E-state index contributed by atoms with van der Waals surface area (Å²) in [4.78, 5) is 14.7. The molecule has 0 radical (unpaired) electrons. The summed E-state index contributed by atoms with van der Waals surface area (Å²) >= 11 is 0. The molecule has 2 aromatic heterocycles. The summed E-state index contributed by atoms with van der Waals surface area (Å²) in [5.41, 5.74) is 11.0. The zero-order chi connectivity index (χ0) is 32.6. The van der Waals surface area contributed by atoms with Crippen LogP contribution < -0.4 is 0 Å². The van der Waals surface area contributed by atoms with Gasteiger partial charge in [0.15, 0.2) is 17.5 Å². The van der Waals surface area contributed by atoms with E-state index in [1.54, 1.807) is 0 Å². The average molecular weight is 627 g/mol. The van der Waals surface area contributed by atoms with Gasteiger partial charge in [0.2, 0.25) is 0 Å². The quantitative estimate of drug-likeness (QED) is 0.184. The zero-order valence-electron chi connectivity index (χ0n) is 26.6. The molecule has 2 heterocycles. The van der Waals surface area contributed by atoms with Crippen molar-refractivity contribution in [2.24, 2.45) is 0 Å². The fourth-order valence-corrected chi connectivity index (χ4v) is 6.61. The van der Waals surface area contributed by atoms with Crippen molar-refractivity contribution < 1.29 is 0 Å². The molecule has 0 aliphatic carbocycles. The molecule has 0 saturated heterocycles. The molecule has 4 heteroatoms. The zero-order valence-corrected chi connectivity index (χ0v) is 26.6. The molecular formula is C45H30N4. The van der Waals surface area contributed by atoms with Gasteiger partial charge in [0, 0.05) is 33.2 Å². The Labute approximate surface area is 284 Å². The minimum absolute atomic E-state index is 0.641. The first-order valence-electron chi connectivity index (χ1n) is 16.5. The smallest absolute Gasteiger partial charge is 0.164 e. The predicted octanol–water partition coefficient (Wildman–Crippen LogP) is 11.3. The molecule has 9 aromatic rings. The van der Waals surface area contributed by atoms with Crippen molar-refractivity contribution in [3.63, 3.8) is 0 Å². The number of hydrogen-bond donors (Lipinski definition) is 0. The summed E-state index contributed by atoms with van der Waals surface area (Å²) in [5, 5.41) is 2.45. The van der Waals surface area contributed by atoms with Crippen LogP contribution in [-0.2, 0) is 0 Å². The second kappa shape index (κ2) is 12.2. The van der Waals surface area contributed by atoms with E-state index in [0.717, 1.165) is 27.9 Å². The SMILES string of the molecule is c1ccc(-c2ccc(-c3ccc4c5ccccc5n(-c5ccc(-c6nc(-c7ccccc7)nc(-c7ccccc7)n6)cc5)c4c3)cc2)cc1. The van der Waals surface area contributed by atoms with Crippen LogP contribution in [-0.4, -0.2) is 19.5 Å². The lowest BCUT2D eigenvalue weighted by molar-refractivity contribution is 1.07. The van der Waals surface area contributed by atoms with Gasteiger partial charge in [-0.15, -0.1) is 0 Å². The number of nitrogens with zero attached hydrogens (tertiary/aromatic N) is 4. The van der Waals surface area contributed by atoms with Crippen LogP contribution in [0.4, 0.5) is 0 Å². The minimum atomic E-state index is 0.641. The maximum absolute atomic E-state index is 4.93. The maximum atomic E-state index is 4.93. The van der Waals surface area contributed by atoms with E-state index in [0.29, 0.717) is 17.5 Å². The van der Waals surface area contributed by atoms with Crippen molar-refractivity contribution in [1.82, 2.24) is 19.5 Å². The Hall–Kier alpha value is -6.65. The molecule has 230 valence electrons. The van der Waals surface area contributed by atoms with Crippen LogP contribution in [0, 0.1) is 0 Å². The molecule has 0 aliphatic rings. The molecule has 0 atom stereocenters. The van der Waals surface area contributed by atoms with Gasteiger partial charge < -0.3 is 4.57 Å². The monoisotopic (exact) mass is 626 g/mol. The van der Waals surface area contributed by atoms with Gasteiger partial charge in [-0.1, -0.05) is 146 Å². The fourth-order valence-electron chi connectivity index (χ4n) is 6.61. The third kappa shape index (κ3) is 5.35. The first-order valence-corrected chi connectivity index (χ1v) is 16.5. The first-order chi connectivity index (χ1) is 24.3. The van der Waals surface area contributed by atoms with E-state index in [4.69, 9.17) is 15.0 Å². The molecule has 0 saturated carbocycles. The van der Waals surface area contributed by atoms with Crippen LogP contribution in [0.25, 0.3) is 83.9 Å². The standard InChI is InChI=1S/C45H30N4/c1-4-12-31(13-5-1)32-20-22-33(23-21-32)37-26-29-40-39-18-10-11-19-41(39)49(42(40)30-37)38-27-24-36(25-28-38)45-47-43(34-14-6-2-7-15-34)46-44(48-45)35-16-8-3-9-17-35/h1-30H. The van der Waals surface area contributed by atoms with Crippen molar-refractivity contribution in [1.29, 1.82) is 0 Å². The summed E-state index contributed by atoms with van der Waals surface area (Å²) in [6, 6.07) is 63.5. The summed E-state index contributed by atoms with van der Waals surface area (Å²) in [7, 11) is 0. The van der Waals surface area contributed by atoms with Crippen molar-refractivity contribution in [2.45, 2.75) is 0 Å². The normalized spacial score (nSPS) is 11.3. The molecule has 4 nitrogen and oxygen atoms in total. The number of para-hydroxylation sites is 1. The molecule has 0 amide bonds. The Morgan fingerprint density at radius 1 is 0.286 bits per heavy atom. The van der Waals surface area contributed by atoms with E-state index >= 15 is 0 Å². The lowest BCUT2D eigenvalue weighted by Gasteiger charge is -2.11. The maximum Gasteiger partial charge on any atom is 0.164 e. The van der Waals surface area contributed by atoms with Crippen LogP contribution in [0.3, 0.4) is 0 Å². The topological polar surface area (TPSA) is 43.6 Å². The summed E-state index contributed by atoms with van der Waals surface area (Å²) in [6.07, 6.45) is 0. The average Bonchev–Trinajstić information content (AvgIpc) is 3.52. The Morgan fingerprint density at radius 3 is 1.24 bits per heavy atom. The van der Waals surface area contributed by atoms with E-state index in [9.17, 15) is 0 Å². The molecule has 0 spiro atoms. The summed E-state index contributed by atoms with van der Waals surface area (Å²) in [5.74, 6) is 1.95. The van der Waals surface area contributed by atoms with E-state index in [2.05, 4.69) is 126 Å². The predicted molar refractivity (Wildman–Crippen MR) is 201 cm³/mol. The number of fused-ring (bicyclic) bond motifs is 3. The van der Waals surface area contributed by atoms with Crippen LogP contribution in [0.1, 0.15) is 0 Å². The van der Waals surface area contributed by atoms with Crippen LogP contribution in [0.5, 0.6) is 0 Å². The van der Waals surface area contributed by atoms with E-state index in [-0.39, 0.29) is 0 Å². The Morgan fingerprint density at radius 2 is 0.673 bits per heavy atom. The van der Waals surface area contributed by atoms with E-state index < -0.39 is 0 Å². The van der Waals surface area contributed by atoms with Crippen molar-refractivity contribution in [2.75, 3.05) is 0 Å². The van der Waals surface area contributed by atoms with Gasteiger partial charge in [0.05, 0.1) is 11.0 Å². The van der Waals surface area contributed by atoms with Gasteiger partial charge in [-0.05, 0) is 58.7 Å². The molecule has 9 rings (SSSR count). The number of rotatable bonds is 6. The first kappa shape index (κ1) is 28.6. The molecule has 0 N–H and O–H groups in total. The highest BCUT2D eigenvalue weighted by molar-refractivity contribution is 6.10. The van der Waals surface area contributed by atoms with Gasteiger partial charge in [0.25, 0.3) is 0 Å². The summed E-state index contributed by atoms with van der Waals surface area (Å²) in [6.45, 7) is 0. The van der Waals surface area contributed by atoms with Gasteiger partial charge in [-0.3, -0.25) is 0 Å². The van der Waals surface area contributed by atoms with Crippen molar-refractivity contribution >= 4 is 21.8 Å². The molecule has 0 bridgehead atoms. The van der Waals surface area contributed by atoms with Crippen molar-refractivity contribution in [3.8, 4) is 62.1 Å². The van der Waals surface area contributed by atoms with Crippen LogP contribution in [0.2, 0.25) is 0 Å². The highest BCUT2D eigenvalue weighted by Gasteiger charge is 2.15. The molecule has 0 unspecified atom stereocenters. The van der Waals surface area contributed by atoms with Gasteiger partial charge in [-0.25, -0.2) is 15.0 Å². The Kier molecular flexibility index (Phi) is 7.10. The van der Waals surface area contributed by atoms with Crippen LogP contribution >= 0.6 is 0 Å². The molecule has 0 fully saturated rings. The Bertz CT molecular complexity index is 2500.